The number of thiazole rings is 1. The van der Waals surface area contributed by atoms with Crippen molar-refractivity contribution in [2.75, 3.05) is 4.90 Å². The average Bonchev–Trinajstić information content (AvgIpc) is 2.94. The predicted molar refractivity (Wildman–Crippen MR) is 78.3 cm³/mol. The van der Waals surface area contributed by atoms with Gasteiger partial charge in [-0.2, -0.15) is 0 Å². The lowest BCUT2D eigenvalue weighted by atomic mass is 10.4. The third-order valence-corrected chi connectivity index (χ3v) is 5.28. The standard InChI is InChI=1S/C13H17N3S2/c1-9-12(7-14)18-13(15-9)16(10-4-5-10)8-11-3-2-6-17-11/h2-3,6,10H,4-5,7-8,14H2,1H3. The number of hydrogen-bond donors (Lipinski definition) is 1. The molecule has 3 nitrogen and oxygen atoms in total. The summed E-state index contributed by atoms with van der Waals surface area (Å²) in [4.78, 5) is 9.76. The zero-order valence-electron chi connectivity index (χ0n) is 10.4. The highest BCUT2D eigenvalue weighted by atomic mass is 32.1. The summed E-state index contributed by atoms with van der Waals surface area (Å²) in [6.45, 7) is 3.64. The van der Waals surface area contributed by atoms with Crippen molar-refractivity contribution in [3.63, 3.8) is 0 Å². The van der Waals surface area contributed by atoms with Crippen LogP contribution in [0, 0.1) is 6.92 Å². The van der Waals surface area contributed by atoms with E-state index in [2.05, 4.69) is 29.3 Å². The van der Waals surface area contributed by atoms with E-state index in [1.165, 1.54) is 22.6 Å². The molecule has 1 saturated carbocycles. The van der Waals surface area contributed by atoms with E-state index in [0.717, 1.165) is 17.4 Å². The van der Waals surface area contributed by atoms with Crippen LogP contribution in [0.3, 0.4) is 0 Å². The van der Waals surface area contributed by atoms with E-state index in [0.29, 0.717) is 12.6 Å². The quantitative estimate of drug-likeness (QED) is 0.914. The molecule has 0 unspecified atom stereocenters. The van der Waals surface area contributed by atoms with Crippen LogP contribution in [0.25, 0.3) is 0 Å². The number of hydrogen-bond acceptors (Lipinski definition) is 5. The van der Waals surface area contributed by atoms with Crippen LogP contribution in [0.15, 0.2) is 17.5 Å². The Labute approximate surface area is 115 Å². The lowest BCUT2D eigenvalue weighted by molar-refractivity contribution is 0.796. The first-order valence-corrected chi connectivity index (χ1v) is 7.93. The van der Waals surface area contributed by atoms with Gasteiger partial charge in [0, 0.05) is 22.3 Å². The molecule has 0 bridgehead atoms. The zero-order valence-corrected chi connectivity index (χ0v) is 12.1. The van der Waals surface area contributed by atoms with Gasteiger partial charge in [-0.25, -0.2) is 4.98 Å². The lowest BCUT2D eigenvalue weighted by Crippen LogP contribution is -2.24. The molecule has 1 aliphatic carbocycles. The fraction of sp³-hybridized carbons (Fsp3) is 0.462. The van der Waals surface area contributed by atoms with Crippen LogP contribution in [0.4, 0.5) is 5.13 Å². The second kappa shape index (κ2) is 4.99. The molecule has 1 aliphatic rings. The first-order valence-electron chi connectivity index (χ1n) is 6.23. The smallest absolute Gasteiger partial charge is 0.186 e. The molecule has 0 spiro atoms. The summed E-state index contributed by atoms with van der Waals surface area (Å²) in [7, 11) is 0. The Morgan fingerprint density at radius 1 is 1.50 bits per heavy atom. The van der Waals surface area contributed by atoms with Crippen molar-refractivity contribution in [3.8, 4) is 0 Å². The number of aryl methyl sites for hydroxylation is 1. The van der Waals surface area contributed by atoms with E-state index in [1.807, 2.05) is 11.3 Å². The first kappa shape index (κ1) is 12.1. The van der Waals surface area contributed by atoms with Crippen molar-refractivity contribution in [2.45, 2.75) is 38.9 Å². The Morgan fingerprint density at radius 3 is 2.89 bits per heavy atom. The molecule has 0 amide bonds. The topological polar surface area (TPSA) is 42.2 Å². The highest BCUT2D eigenvalue weighted by molar-refractivity contribution is 7.15. The summed E-state index contributed by atoms with van der Waals surface area (Å²) in [5, 5.41) is 3.28. The molecule has 0 atom stereocenters. The van der Waals surface area contributed by atoms with Crippen molar-refractivity contribution in [2.24, 2.45) is 5.73 Å². The van der Waals surface area contributed by atoms with Crippen LogP contribution in [-0.4, -0.2) is 11.0 Å². The minimum absolute atomic E-state index is 0.598. The third kappa shape index (κ3) is 2.43. The van der Waals surface area contributed by atoms with Crippen LogP contribution in [0.2, 0.25) is 0 Å². The summed E-state index contributed by atoms with van der Waals surface area (Å²) in [6, 6.07) is 5.00. The van der Waals surface area contributed by atoms with Gasteiger partial charge in [-0.3, -0.25) is 0 Å². The summed E-state index contributed by atoms with van der Waals surface area (Å²) in [6.07, 6.45) is 2.59. The van der Waals surface area contributed by atoms with Crippen molar-refractivity contribution < 1.29 is 0 Å². The first-order chi connectivity index (χ1) is 8.78. The van der Waals surface area contributed by atoms with E-state index in [9.17, 15) is 0 Å². The Bertz CT molecular complexity index is 514. The molecule has 2 heterocycles. The predicted octanol–water partition coefficient (Wildman–Crippen LogP) is 3.14. The molecule has 1 fully saturated rings. The number of nitrogens with zero attached hydrogens (tertiary/aromatic N) is 2. The van der Waals surface area contributed by atoms with Crippen molar-refractivity contribution >= 4 is 27.8 Å². The van der Waals surface area contributed by atoms with E-state index in [4.69, 9.17) is 10.7 Å². The molecule has 96 valence electrons. The van der Waals surface area contributed by atoms with Crippen LogP contribution in [-0.2, 0) is 13.1 Å². The number of anilines is 1. The van der Waals surface area contributed by atoms with Gasteiger partial charge in [-0.1, -0.05) is 6.07 Å². The monoisotopic (exact) mass is 279 g/mol. The van der Waals surface area contributed by atoms with Crippen LogP contribution in [0.5, 0.6) is 0 Å². The normalized spacial score (nSPS) is 15.0. The van der Waals surface area contributed by atoms with Gasteiger partial charge in [0.15, 0.2) is 5.13 Å². The summed E-state index contributed by atoms with van der Waals surface area (Å²) >= 11 is 3.57. The number of nitrogens with two attached hydrogens (primary N) is 1. The molecule has 0 aromatic carbocycles. The maximum Gasteiger partial charge on any atom is 0.186 e. The fourth-order valence-corrected chi connectivity index (χ4v) is 3.75. The van der Waals surface area contributed by atoms with Gasteiger partial charge < -0.3 is 10.6 Å². The van der Waals surface area contributed by atoms with Crippen LogP contribution in [0.1, 0.15) is 28.3 Å². The van der Waals surface area contributed by atoms with Gasteiger partial charge in [0.2, 0.25) is 0 Å². The molecular formula is C13H17N3S2. The van der Waals surface area contributed by atoms with E-state index in [1.54, 1.807) is 11.3 Å². The largest absolute Gasteiger partial charge is 0.340 e. The average molecular weight is 279 g/mol. The zero-order chi connectivity index (χ0) is 12.5. The Kier molecular flexibility index (Phi) is 3.37. The SMILES string of the molecule is Cc1nc(N(Cc2cccs2)C2CC2)sc1CN. The highest BCUT2D eigenvalue weighted by Gasteiger charge is 2.31. The van der Waals surface area contributed by atoms with Gasteiger partial charge >= 0.3 is 0 Å². The van der Waals surface area contributed by atoms with E-state index in [-0.39, 0.29) is 0 Å². The third-order valence-electron chi connectivity index (χ3n) is 3.21. The molecule has 5 heteroatoms. The molecule has 3 rings (SSSR count). The minimum atomic E-state index is 0.598. The van der Waals surface area contributed by atoms with Gasteiger partial charge in [-0.05, 0) is 31.2 Å². The van der Waals surface area contributed by atoms with Gasteiger partial charge in [-0.15, -0.1) is 22.7 Å². The summed E-state index contributed by atoms with van der Waals surface area (Å²) < 4.78 is 0. The van der Waals surface area contributed by atoms with Gasteiger partial charge in [0.05, 0.1) is 12.2 Å². The van der Waals surface area contributed by atoms with Gasteiger partial charge in [0.1, 0.15) is 0 Å². The minimum Gasteiger partial charge on any atom is -0.340 e. The summed E-state index contributed by atoms with van der Waals surface area (Å²) in [5.74, 6) is 0. The number of thiophene rings is 1. The molecule has 18 heavy (non-hydrogen) atoms. The molecule has 0 radical (unpaired) electrons. The Balaban J connectivity index is 1.84. The number of aromatic nitrogens is 1. The maximum absolute atomic E-state index is 5.75. The molecule has 0 aliphatic heterocycles. The lowest BCUT2D eigenvalue weighted by Gasteiger charge is -2.20. The summed E-state index contributed by atoms with van der Waals surface area (Å²) in [5.41, 5.74) is 6.84. The molecule has 0 saturated heterocycles. The Morgan fingerprint density at radius 2 is 2.33 bits per heavy atom. The van der Waals surface area contributed by atoms with Crippen molar-refractivity contribution in [1.29, 1.82) is 0 Å². The highest BCUT2D eigenvalue weighted by Crippen LogP contribution is 2.36. The second-order valence-electron chi connectivity index (χ2n) is 4.65. The van der Waals surface area contributed by atoms with Gasteiger partial charge in [0.25, 0.3) is 0 Å². The van der Waals surface area contributed by atoms with E-state index >= 15 is 0 Å². The Hall–Kier alpha value is -0.910. The maximum atomic E-state index is 5.75. The van der Waals surface area contributed by atoms with E-state index < -0.39 is 0 Å². The molecule has 2 N–H and O–H groups in total. The second-order valence-corrected chi connectivity index (χ2v) is 6.74. The fourth-order valence-electron chi connectivity index (χ4n) is 2.03. The number of rotatable bonds is 5. The molecule has 2 aromatic heterocycles. The molecule has 2 aromatic rings. The van der Waals surface area contributed by atoms with Crippen molar-refractivity contribution in [3.05, 3.63) is 33.0 Å². The van der Waals surface area contributed by atoms with Crippen LogP contribution < -0.4 is 10.6 Å². The molecular weight excluding hydrogens is 262 g/mol. The van der Waals surface area contributed by atoms with Crippen molar-refractivity contribution in [1.82, 2.24) is 4.98 Å². The van der Waals surface area contributed by atoms with Crippen LogP contribution >= 0.6 is 22.7 Å².